The van der Waals surface area contributed by atoms with Crippen molar-refractivity contribution >= 4 is 39.9 Å². The largest absolute Gasteiger partial charge is 0.357 e. The van der Waals surface area contributed by atoms with Crippen LogP contribution in [-0.4, -0.2) is 45.1 Å². The highest BCUT2D eigenvalue weighted by molar-refractivity contribution is 6.11. The molecule has 4 heterocycles. The molecule has 4 aromatic rings. The number of rotatable bonds is 6. The number of nitrogens with one attached hydrogen (secondary N) is 3. The molecule has 35 heavy (non-hydrogen) atoms. The van der Waals surface area contributed by atoms with Crippen LogP contribution in [0.5, 0.6) is 0 Å². The molecule has 3 N–H and O–H groups in total. The minimum Gasteiger partial charge on any atom is -0.357 e. The lowest BCUT2D eigenvalue weighted by Crippen LogP contribution is -2.19. The van der Waals surface area contributed by atoms with E-state index < -0.39 is 0 Å². The summed E-state index contributed by atoms with van der Waals surface area (Å²) in [5, 5.41) is 13.8. The number of H-pyrrole nitrogens is 1. The molecule has 1 aliphatic carbocycles. The lowest BCUT2D eigenvalue weighted by Gasteiger charge is -2.16. The number of aromatic nitrogens is 4. The van der Waals surface area contributed by atoms with E-state index in [0.717, 1.165) is 61.2 Å². The summed E-state index contributed by atoms with van der Waals surface area (Å²) in [5.74, 6) is 0.734. The molecule has 6 rings (SSSR count). The smallest absolute Gasteiger partial charge is 0.276 e. The molecular formula is C26H25N7O2. The minimum absolute atomic E-state index is 0.0391. The standard InChI is InChI=1S/C26H25N7O2/c34-25(16-3-4-16)30-20-11-18(14-27-15-20)17-5-6-22-21(12-17)24(32-31-22)26(35)29-19-7-8-28-23(13-19)33-9-1-2-10-33/h5-8,11-16H,1-4,9-10H2,(H,30,34)(H,31,32)(H,28,29,35). The Hall–Kier alpha value is -4.27. The van der Waals surface area contributed by atoms with E-state index in [9.17, 15) is 9.59 Å². The van der Waals surface area contributed by atoms with Gasteiger partial charge in [-0.25, -0.2) is 4.98 Å². The summed E-state index contributed by atoms with van der Waals surface area (Å²) in [4.78, 5) is 36.2. The molecule has 0 unspecified atom stereocenters. The van der Waals surface area contributed by atoms with E-state index in [4.69, 9.17) is 0 Å². The first-order chi connectivity index (χ1) is 17.1. The zero-order chi connectivity index (χ0) is 23.8. The van der Waals surface area contributed by atoms with Crippen molar-refractivity contribution in [1.29, 1.82) is 0 Å². The second kappa shape index (κ2) is 8.83. The zero-order valence-electron chi connectivity index (χ0n) is 19.1. The first-order valence-electron chi connectivity index (χ1n) is 11.9. The molecule has 9 heteroatoms. The zero-order valence-corrected chi connectivity index (χ0v) is 19.1. The van der Waals surface area contributed by atoms with Gasteiger partial charge in [-0.2, -0.15) is 5.10 Å². The van der Waals surface area contributed by atoms with Crippen molar-refractivity contribution in [3.63, 3.8) is 0 Å². The quantitative estimate of drug-likeness (QED) is 0.391. The van der Waals surface area contributed by atoms with Crippen molar-refractivity contribution in [3.8, 4) is 11.1 Å². The van der Waals surface area contributed by atoms with Crippen molar-refractivity contribution in [1.82, 2.24) is 20.2 Å². The second-order valence-electron chi connectivity index (χ2n) is 9.11. The molecule has 1 saturated carbocycles. The topological polar surface area (TPSA) is 116 Å². The van der Waals surface area contributed by atoms with Gasteiger partial charge in [-0.15, -0.1) is 0 Å². The third-order valence-corrected chi connectivity index (χ3v) is 6.50. The maximum absolute atomic E-state index is 13.1. The fourth-order valence-corrected chi connectivity index (χ4v) is 4.43. The van der Waals surface area contributed by atoms with Gasteiger partial charge < -0.3 is 15.5 Å². The Morgan fingerprint density at radius 1 is 0.943 bits per heavy atom. The molecule has 2 amide bonds. The average molecular weight is 468 g/mol. The normalized spacial score (nSPS) is 15.4. The molecule has 3 aromatic heterocycles. The number of hydrogen-bond acceptors (Lipinski definition) is 6. The predicted molar refractivity (Wildman–Crippen MR) is 134 cm³/mol. The van der Waals surface area contributed by atoms with E-state index in [1.165, 1.54) is 0 Å². The van der Waals surface area contributed by atoms with E-state index in [-0.39, 0.29) is 17.7 Å². The maximum Gasteiger partial charge on any atom is 0.276 e. The molecule has 1 aromatic carbocycles. The Morgan fingerprint density at radius 2 is 1.80 bits per heavy atom. The van der Waals surface area contributed by atoms with Crippen molar-refractivity contribution < 1.29 is 9.59 Å². The van der Waals surface area contributed by atoms with E-state index in [1.807, 2.05) is 30.3 Å². The van der Waals surface area contributed by atoms with Crippen LogP contribution in [-0.2, 0) is 4.79 Å². The third-order valence-electron chi connectivity index (χ3n) is 6.50. The number of nitrogens with zero attached hydrogens (tertiary/aromatic N) is 4. The molecule has 0 spiro atoms. The van der Waals surface area contributed by atoms with Crippen molar-refractivity contribution in [2.24, 2.45) is 5.92 Å². The summed E-state index contributed by atoms with van der Waals surface area (Å²) in [6, 6.07) is 11.3. The number of amides is 2. The van der Waals surface area contributed by atoms with E-state index in [0.29, 0.717) is 22.5 Å². The number of pyridine rings is 2. The Balaban J connectivity index is 1.25. The number of hydrogen-bond donors (Lipinski definition) is 3. The fraction of sp³-hybridized carbons (Fsp3) is 0.269. The first kappa shape index (κ1) is 21.3. The van der Waals surface area contributed by atoms with Crippen LogP contribution in [0.25, 0.3) is 22.0 Å². The summed E-state index contributed by atoms with van der Waals surface area (Å²) in [7, 11) is 0. The van der Waals surface area contributed by atoms with E-state index in [1.54, 1.807) is 24.7 Å². The van der Waals surface area contributed by atoms with Crippen molar-refractivity contribution in [3.05, 3.63) is 60.7 Å². The second-order valence-corrected chi connectivity index (χ2v) is 9.11. The summed E-state index contributed by atoms with van der Waals surface area (Å²) < 4.78 is 0. The van der Waals surface area contributed by atoms with Gasteiger partial charge in [0.2, 0.25) is 5.91 Å². The van der Waals surface area contributed by atoms with E-state index in [2.05, 4.69) is 35.7 Å². The number of fused-ring (bicyclic) bond motifs is 1. The number of benzene rings is 1. The van der Waals surface area contributed by atoms with Gasteiger partial charge >= 0.3 is 0 Å². The highest BCUT2D eigenvalue weighted by Crippen LogP contribution is 2.31. The molecule has 2 aliphatic rings. The van der Waals surface area contributed by atoms with Crippen LogP contribution in [0.2, 0.25) is 0 Å². The lowest BCUT2D eigenvalue weighted by atomic mass is 10.0. The van der Waals surface area contributed by atoms with Crippen LogP contribution in [0.1, 0.15) is 36.2 Å². The van der Waals surface area contributed by atoms with Crippen LogP contribution < -0.4 is 15.5 Å². The highest BCUT2D eigenvalue weighted by Gasteiger charge is 2.29. The van der Waals surface area contributed by atoms with Gasteiger partial charge in [0.1, 0.15) is 5.82 Å². The van der Waals surface area contributed by atoms with Crippen molar-refractivity contribution in [2.45, 2.75) is 25.7 Å². The van der Waals surface area contributed by atoms with Gasteiger partial charge in [0, 0.05) is 54.1 Å². The molecule has 9 nitrogen and oxygen atoms in total. The molecule has 0 radical (unpaired) electrons. The van der Waals surface area contributed by atoms with Gasteiger partial charge in [0.15, 0.2) is 5.69 Å². The maximum atomic E-state index is 13.1. The predicted octanol–water partition coefficient (Wildman–Crippen LogP) is 4.22. The van der Waals surface area contributed by atoms with Gasteiger partial charge in [0.25, 0.3) is 5.91 Å². The fourth-order valence-electron chi connectivity index (χ4n) is 4.43. The third kappa shape index (κ3) is 4.44. The molecule has 2 fully saturated rings. The van der Waals surface area contributed by atoms with Crippen LogP contribution in [0.3, 0.4) is 0 Å². The summed E-state index contributed by atoms with van der Waals surface area (Å²) >= 11 is 0. The van der Waals surface area contributed by atoms with E-state index >= 15 is 0 Å². The van der Waals surface area contributed by atoms with Crippen molar-refractivity contribution in [2.75, 3.05) is 28.6 Å². The Kier molecular flexibility index (Phi) is 5.36. The number of carbonyl (C=O) groups excluding carboxylic acids is 2. The summed E-state index contributed by atoms with van der Waals surface area (Å²) in [6.45, 7) is 1.97. The molecule has 1 saturated heterocycles. The minimum atomic E-state index is -0.296. The number of carbonyl (C=O) groups is 2. The van der Waals surface area contributed by atoms with Crippen LogP contribution in [0, 0.1) is 5.92 Å². The Morgan fingerprint density at radius 3 is 2.63 bits per heavy atom. The SMILES string of the molecule is O=C(Nc1ccnc(N2CCCC2)c1)c1n[nH]c2ccc(-c3cncc(NC(=O)C4CC4)c3)cc12. The van der Waals surface area contributed by atoms with Crippen LogP contribution >= 0.6 is 0 Å². The molecule has 1 aliphatic heterocycles. The monoisotopic (exact) mass is 467 g/mol. The molecular weight excluding hydrogens is 442 g/mol. The number of aromatic amines is 1. The Bertz CT molecular complexity index is 1420. The van der Waals surface area contributed by atoms with Gasteiger partial charge in [-0.05, 0) is 55.5 Å². The summed E-state index contributed by atoms with van der Waals surface area (Å²) in [5.41, 5.74) is 4.14. The van der Waals surface area contributed by atoms with Crippen LogP contribution in [0.4, 0.5) is 17.2 Å². The highest BCUT2D eigenvalue weighted by atomic mass is 16.2. The number of anilines is 3. The molecule has 0 bridgehead atoms. The average Bonchev–Trinajstić information content (AvgIpc) is 3.41. The Labute approximate surface area is 202 Å². The van der Waals surface area contributed by atoms with Crippen LogP contribution in [0.15, 0.2) is 55.0 Å². The van der Waals surface area contributed by atoms with Gasteiger partial charge in [0.05, 0.1) is 17.4 Å². The lowest BCUT2D eigenvalue weighted by molar-refractivity contribution is -0.117. The van der Waals surface area contributed by atoms with Gasteiger partial charge in [-0.1, -0.05) is 6.07 Å². The van der Waals surface area contributed by atoms with Gasteiger partial charge in [-0.3, -0.25) is 19.7 Å². The first-order valence-corrected chi connectivity index (χ1v) is 11.9. The summed E-state index contributed by atoms with van der Waals surface area (Å²) in [6.07, 6.45) is 9.30. The molecule has 0 atom stereocenters. The molecule has 176 valence electrons.